The van der Waals surface area contributed by atoms with E-state index < -0.39 is 0 Å². The first-order valence-corrected chi connectivity index (χ1v) is 9.01. The SMILES string of the molecule is CC(C)N1CCN(c2ccc(C(=O)OC3CCOCC3)cc2)CC1. The molecule has 0 saturated carbocycles. The molecular formula is C19H28N2O3. The summed E-state index contributed by atoms with van der Waals surface area (Å²) < 4.78 is 10.9. The lowest BCUT2D eigenvalue weighted by Gasteiger charge is -2.38. The third-order valence-electron chi connectivity index (χ3n) is 4.95. The molecule has 2 saturated heterocycles. The molecule has 0 N–H and O–H groups in total. The Bertz CT molecular complexity index is 530. The van der Waals surface area contributed by atoms with Crippen molar-refractivity contribution in [2.24, 2.45) is 0 Å². The Morgan fingerprint density at radius 3 is 2.29 bits per heavy atom. The van der Waals surface area contributed by atoms with Crippen molar-refractivity contribution >= 4 is 11.7 Å². The second-order valence-electron chi connectivity index (χ2n) is 6.88. The fraction of sp³-hybridized carbons (Fsp3) is 0.632. The van der Waals surface area contributed by atoms with Crippen LogP contribution in [0.15, 0.2) is 24.3 Å². The Morgan fingerprint density at radius 1 is 1.08 bits per heavy atom. The summed E-state index contributed by atoms with van der Waals surface area (Å²) in [5.41, 5.74) is 1.81. The van der Waals surface area contributed by atoms with Crippen LogP contribution in [-0.4, -0.2) is 62.4 Å². The molecule has 132 valence electrons. The van der Waals surface area contributed by atoms with Crippen molar-refractivity contribution in [2.75, 3.05) is 44.3 Å². The van der Waals surface area contributed by atoms with Gasteiger partial charge < -0.3 is 14.4 Å². The molecule has 2 fully saturated rings. The molecular weight excluding hydrogens is 304 g/mol. The molecule has 0 aliphatic carbocycles. The average Bonchev–Trinajstić information content (AvgIpc) is 2.63. The summed E-state index contributed by atoms with van der Waals surface area (Å²) in [7, 11) is 0. The van der Waals surface area contributed by atoms with Gasteiger partial charge in [0, 0.05) is 50.7 Å². The number of hydrogen-bond acceptors (Lipinski definition) is 5. The van der Waals surface area contributed by atoms with Gasteiger partial charge in [-0.05, 0) is 38.1 Å². The minimum Gasteiger partial charge on any atom is -0.459 e. The highest BCUT2D eigenvalue weighted by molar-refractivity contribution is 5.90. The van der Waals surface area contributed by atoms with Crippen LogP contribution >= 0.6 is 0 Å². The molecule has 0 atom stereocenters. The summed E-state index contributed by atoms with van der Waals surface area (Å²) in [5, 5.41) is 0. The molecule has 0 amide bonds. The largest absolute Gasteiger partial charge is 0.459 e. The van der Waals surface area contributed by atoms with E-state index in [4.69, 9.17) is 9.47 Å². The maximum Gasteiger partial charge on any atom is 0.338 e. The van der Waals surface area contributed by atoms with E-state index in [0.717, 1.165) is 39.0 Å². The van der Waals surface area contributed by atoms with E-state index in [1.165, 1.54) is 5.69 Å². The highest BCUT2D eigenvalue weighted by Gasteiger charge is 2.21. The van der Waals surface area contributed by atoms with E-state index in [0.29, 0.717) is 24.8 Å². The molecule has 0 unspecified atom stereocenters. The third kappa shape index (κ3) is 4.28. The Hall–Kier alpha value is -1.59. The summed E-state index contributed by atoms with van der Waals surface area (Å²) in [4.78, 5) is 17.1. The predicted octanol–water partition coefficient (Wildman–Crippen LogP) is 2.55. The fourth-order valence-corrected chi connectivity index (χ4v) is 3.32. The summed E-state index contributed by atoms with van der Waals surface area (Å²) in [5.74, 6) is -0.224. The van der Waals surface area contributed by atoms with E-state index in [-0.39, 0.29) is 12.1 Å². The molecule has 5 nitrogen and oxygen atoms in total. The first-order valence-electron chi connectivity index (χ1n) is 9.01. The molecule has 2 aliphatic rings. The Kier molecular flexibility index (Phi) is 5.74. The van der Waals surface area contributed by atoms with Crippen molar-refractivity contribution in [3.8, 4) is 0 Å². The smallest absolute Gasteiger partial charge is 0.338 e. The number of anilines is 1. The van der Waals surface area contributed by atoms with Crippen LogP contribution in [0.5, 0.6) is 0 Å². The van der Waals surface area contributed by atoms with Gasteiger partial charge in [0.05, 0.1) is 18.8 Å². The van der Waals surface area contributed by atoms with Crippen LogP contribution in [0.4, 0.5) is 5.69 Å². The van der Waals surface area contributed by atoms with Gasteiger partial charge in [-0.3, -0.25) is 4.90 Å². The monoisotopic (exact) mass is 332 g/mol. The molecule has 0 spiro atoms. The first-order chi connectivity index (χ1) is 11.6. The molecule has 0 radical (unpaired) electrons. The van der Waals surface area contributed by atoms with E-state index in [9.17, 15) is 4.79 Å². The number of nitrogens with zero attached hydrogens (tertiary/aromatic N) is 2. The number of piperazine rings is 1. The molecule has 3 rings (SSSR count). The summed E-state index contributed by atoms with van der Waals surface area (Å²) in [6, 6.07) is 8.43. The summed E-state index contributed by atoms with van der Waals surface area (Å²) in [6.45, 7) is 10.1. The Labute approximate surface area is 144 Å². The van der Waals surface area contributed by atoms with Gasteiger partial charge in [0.2, 0.25) is 0 Å². The van der Waals surface area contributed by atoms with Gasteiger partial charge in [0.25, 0.3) is 0 Å². The second-order valence-corrected chi connectivity index (χ2v) is 6.88. The van der Waals surface area contributed by atoms with Crippen LogP contribution in [0.1, 0.15) is 37.0 Å². The molecule has 1 aromatic rings. The van der Waals surface area contributed by atoms with E-state index >= 15 is 0 Å². The third-order valence-corrected chi connectivity index (χ3v) is 4.95. The van der Waals surface area contributed by atoms with Crippen molar-refractivity contribution in [1.29, 1.82) is 0 Å². The van der Waals surface area contributed by atoms with Crippen molar-refractivity contribution in [2.45, 2.75) is 38.8 Å². The van der Waals surface area contributed by atoms with Gasteiger partial charge in [-0.25, -0.2) is 4.79 Å². The number of ether oxygens (including phenoxy) is 2. The van der Waals surface area contributed by atoms with Crippen molar-refractivity contribution in [1.82, 2.24) is 4.90 Å². The fourth-order valence-electron chi connectivity index (χ4n) is 3.32. The zero-order valence-electron chi connectivity index (χ0n) is 14.7. The molecule has 1 aromatic carbocycles. The normalized spacial score (nSPS) is 20.4. The van der Waals surface area contributed by atoms with E-state index in [1.807, 2.05) is 24.3 Å². The van der Waals surface area contributed by atoms with Gasteiger partial charge in [-0.2, -0.15) is 0 Å². The van der Waals surface area contributed by atoms with Crippen LogP contribution in [0, 0.1) is 0 Å². The molecule has 5 heteroatoms. The van der Waals surface area contributed by atoms with Crippen molar-refractivity contribution in [3.05, 3.63) is 29.8 Å². The summed E-state index contributed by atoms with van der Waals surface area (Å²) >= 11 is 0. The first kappa shape index (κ1) is 17.2. The van der Waals surface area contributed by atoms with Crippen LogP contribution in [0.25, 0.3) is 0 Å². The molecule has 2 aliphatic heterocycles. The number of benzene rings is 1. The molecule has 2 heterocycles. The van der Waals surface area contributed by atoms with Gasteiger partial charge in [0.1, 0.15) is 6.10 Å². The lowest BCUT2D eigenvalue weighted by atomic mass is 10.1. The lowest BCUT2D eigenvalue weighted by molar-refractivity contribution is -0.0159. The van der Waals surface area contributed by atoms with E-state index in [1.54, 1.807) is 0 Å². The number of hydrogen-bond donors (Lipinski definition) is 0. The average molecular weight is 332 g/mol. The van der Waals surface area contributed by atoms with Crippen LogP contribution in [0.3, 0.4) is 0 Å². The zero-order chi connectivity index (χ0) is 16.9. The zero-order valence-corrected chi connectivity index (χ0v) is 14.7. The number of esters is 1. The molecule has 0 aromatic heterocycles. The summed E-state index contributed by atoms with van der Waals surface area (Å²) in [6.07, 6.45) is 1.59. The topological polar surface area (TPSA) is 42.0 Å². The van der Waals surface area contributed by atoms with Gasteiger partial charge in [-0.1, -0.05) is 0 Å². The highest BCUT2D eigenvalue weighted by Crippen LogP contribution is 2.20. The Morgan fingerprint density at radius 2 is 1.71 bits per heavy atom. The van der Waals surface area contributed by atoms with Gasteiger partial charge >= 0.3 is 5.97 Å². The quantitative estimate of drug-likeness (QED) is 0.793. The Balaban J connectivity index is 1.54. The molecule has 24 heavy (non-hydrogen) atoms. The minimum absolute atomic E-state index is 0.00459. The van der Waals surface area contributed by atoms with Crippen LogP contribution in [0.2, 0.25) is 0 Å². The molecule has 0 bridgehead atoms. The standard InChI is InChI=1S/C19H28N2O3/c1-15(2)20-9-11-21(12-10-20)17-5-3-16(4-6-17)19(22)24-18-7-13-23-14-8-18/h3-6,15,18H,7-14H2,1-2H3. The van der Waals surface area contributed by atoms with Gasteiger partial charge in [-0.15, -0.1) is 0 Å². The van der Waals surface area contributed by atoms with Crippen LogP contribution in [-0.2, 0) is 9.47 Å². The maximum absolute atomic E-state index is 12.2. The predicted molar refractivity (Wildman–Crippen MR) is 94.6 cm³/mol. The van der Waals surface area contributed by atoms with Crippen molar-refractivity contribution in [3.63, 3.8) is 0 Å². The number of carbonyl (C=O) groups excluding carboxylic acids is 1. The highest BCUT2D eigenvalue weighted by atomic mass is 16.6. The minimum atomic E-state index is -0.224. The maximum atomic E-state index is 12.2. The second kappa shape index (κ2) is 7.99. The van der Waals surface area contributed by atoms with E-state index in [2.05, 4.69) is 23.6 Å². The van der Waals surface area contributed by atoms with Crippen LogP contribution < -0.4 is 4.90 Å². The van der Waals surface area contributed by atoms with Gasteiger partial charge in [0.15, 0.2) is 0 Å². The number of carbonyl (C=O) groups is 1. The van der Waals surface area contributed by atoms with Crippen molar-refractivity contribution < 1.29 is 14.3 Å². The lowest BCUT2D eigenvalue weighted by Crippen LogP contribution is -2.48. The number of rotatable bonds is 4.